The van der Waals surface area contributed by atoms with Crippen molar-refractivity contribution in [3.05, 3.63) is 29.8 Å². The van der Waals surface area contributed by atoms with Gasteiger partial charge in [0.05, 0.1) is 6.10 Å². The number of hydrogen-bond donors (Lipinski definition) is 1. The molecule has 1 atom stereocenters. The monoisotopic (exact) mass is 347 g/mol. The van der Waals surface area contributed by atoms with Gasteiger partial charge in [0.1, 0.15) is 12.4 Å². The van der Waals surface area contributed by atoms with Gasteiger partial charge >= 0.3 is 0 Å². The van der Waals surface area contributed by atoms with E-state index in [4.69, 9.17) is 4.74 Å². The molecule has 0 aliphatic carbocycles. The van der Waals surface area contributed by atoms with Crippen LogP contribution in [0.2, 0.25) is 0 Å². The summed E-state index contributed by atoms with van der Waals surface area (Å²) in [5, 5.41) is 9.77. The molecule has 0 unspecified atom stereocenters. The summed E-state index contributed by atoms with van der Waals surface area (Å²) in [7, 11) is 0. The summed E-state index contributed by atoms with van der Waals surface area (Å²) in [5.74, 6) is 0.953. The Morgan fingerprint density at radius 3 is 2.40 bits per heavy atom. The fourth-order valence-corrected chi connectivity index (χ4v) is 3.75. The normalized spacial score (nSPS) is 23.7. The average Bonchev–Trinajstić information content (AvgIpc) is 2.64. The van der Waals surface area contributed by atoms with Crippen molar-refractivity contribution in [1.29, 1.82) is 0 Å². The van der Waals surface area contributed by atoms with Crippen LogP contribution in [0.3, 0.4) is 0 Å². The molecule has 0 aromatic heterocycles. The summed E-state index contributed by atoms with van der Waals surface area (Å²) < 4.78 is 5.92. The minimum Gasteiger partial charge on any atom is -0.492 e. The largest absolute Gasteiger partial charge is 0.492 e. The first kappa shape index (κ1) is 18.6. The maximum absolute atomic E-state index is 9.77. The van der Waals surface area contributed by atoms with Crippen LogP contribution in [0.1, 0.15) is 25.3 Å². The van der Waals surface area contributed by atoms with Gasteiger partial charge in [0, 0.05) is 45.8 Å². The van der Waals surface area contributed by atoms with E-state index >= 15 is 0 Å². The quantitative estimate of drug-likeness (QED) is 0.812. The number of benzene rings is 1. The number of likely N-dealkylation sites (N-methyl/N-ethyl adjacent to an activating group) is 1. The van der Waals surface area contributed by atoms with Gasteiger partial charge in [-0.1, -0.05) is 19.1 Å². The average molecular weight is 348 g/mol. The summed E-state index contributed by atoms with van der Waals surface area (Å²) in [6.45, 7) is 12.6. The van der Waals surface area contributed by atoms with Gasteiger partial charge < -0.3 is 14.7 Å². The topological polar surface area (TPSA) is 39.2 Å². The summed E-state index contributed by atoms with van der Waals surface area (Å²) in [6.07, 6.45) is 1.88. The summed E-state index contributed by atoms with van der Waals surface area (Å²) in [5.41, 5.74) is 1.29. The van der Waals surface area contributed by atoms with Crippen LogP contribution in [0.4, 0.5) is 0 Å². The highest BCUT2D eigenvalue weighted by molar-refractivity contribution is 5.27. The molecule has 1 N–H and O–H groups in total. The van der Waals surface area contributed by atoms with Gasteiger partial charge in [0.2, 0.25) is 0 Å². The molecule has 2 fully saturated rings. The van der Waals surface area contributed by atoms with Gasteiger partial charge in [-0.3, -0.25) is 9.80 Å². The molecule has 2 heterocycles. The van der Waals surface area contributed by atoms with Crippen molar-refractivity contribution in [1.82, 2.24) is 14.7 Å². The Labute approximate surface area is 152 Å². The summed E-state index contributed by atoms with van der Waals surface area (Å²) in [6, 6.07) is 8.45. The maximum Gasteiger partial charge on any atom is 0.119 e. The second-order valence-electron chi connectivity index (χ2n) is 7.30. The van der Waals surface area contributed by atoms with Crippen molar-refractivity contribution >= 4 is 0 Å². The fourth-order valence-electron chi connectivity index (χ4n) is 3.75. The number of β-amino-alcohol motifs (C(OH)–C–C–N with tert-alkyl or cyclic N) is 1. The molecule has 25 heavy (non-hydrogen) atoms. The third-order valence-corrected chi connectivity index (χ3v) is 5.40. The van der Waals surface area contributed by atoms with E-state index in [1.54, 1.807) is 0 Å². The van der Waals surface area contributed by atoms with Crippen molar-refractivity contribution in [3.63, 3.8) is 0 Å². The summed E-state index contributed by atoms with van der Waals surface area (Å²) in [4.78, 5) is 7.32. The van der Waals surface area contributed by atoms with Gasteiger partial charge in [0.25, 0.3) is 0 Å². The van der Waals surface area contributed by atoms with Crippen molar-refractivity contribution in [2.75, 3.05) is 59.0 Å². The predicted molar refractivity (Wildman–Crippen MR) is 101 cm³/mol. The molecule has 2 saturated heterocycles. The molecule has 2 aliphatic heterocycles. The zero-order valence-corrected chi connectivity index (χ0v) is 15.6. The Kier molecular flexibility index (Phi) is 7.11. The Bertz CT molecular complexity index is 500. The SMILES string of the molecule is CCN1CCN(CCOc2ccc(CN3CCC[C@H](O)C3)cc2)CC1. The Morgan fingerprint density at radius 2 is 1.72 bits per heavy atom. The lowest BCUT2D eigenvalue weighted by Crippen LogP contribution is -2.47. The van der Waals surface area contributed by atoms with Gasteiger partial charge in [-0.2, -0.15) is 0 Å². The molecule has 5 nitrogen and oxygen atoms in total. The van der Waals surface area contributed by atoms with Crippen LogP contribution < -0.4 is 4.74 Å². The van der Waals surface area contributed by atoms with Gasteiger partial charge in [-0.05, 0) is 43.6 Å². The lowest BCUT2D eigenvalue weighted by atomic mass is 10.1. The van der Waals surface area contributed by atoms with Crippen LogP contribution in [0.25, 0.3) is 0 Å². The van der Waals surface area contributed by atoms with Crippen LogP contribution in [0, 0.1) is 0 Å². The predicted octanol–water partition coefficient (Wildman–Crippen LogP) is 1.66. The maximum atomic E-state index is 9.77. The van der Waals surface area contributed by atoms with Crippen molar-refractivity contribution in [2.45, 2.75) is 32.4 Å². The highest BCUT2D eigenvalue weighted by atomic mass is 16.5. The molecule has 0 bridgehead atoms. The zero-order valence-electron chi connectivity index (χ0n) is 15.6. The number of ether oxygens (including phenoxy) is 1. The second-order valence-corrected chi connectivity index (χ2v) is 7.30. The Morgan fingerprint density at radius 1 is 1.00 bits per heavy atom. The molecule has 0 amide bonds. The van der Waals surface area contributed by atoms with E-state index in [0.717, 1.165) is 71.0 Å². The van der Waals surface area contributed by atoms with Crippen LogP contribution in [-0.2, 0) is 6.54 Å². The fraction of sp³-hybridized carbons (Fsp3) is 0.700. The van der Waals surface area contributed by atoms with E-state index in [-0.39, 0.29) is 6.10 Å². The minimum absolute atomic E-state index is 0.157. The molecule has 0 spiro atoms. The van der Waals surface area contributed by atoms with Gasteiger partial charge in [-0.25, -0.2) is 0 Å². The van der Waals surface area contributed by atoms with Crippen LogP contribution in [-0.4, -0.2) is 84.9 Å². The molecular weight excluding hydrogens is 314 g/mol. The number of aliphatic hydroxyl groups excluding tert-OH is 1. The first-order valence-electron chi connectivity index (χ1n) is 9.80. The molecular formula is C20H33N3O2. The molecule has 1 aromatic carbocycles. The minimum atomic E-state index is -0.157. The second kappa shape index (κ2) is 9.53. The molecule has 1 aromatic rings. The van der Waals surface area contributed by atoms with E-state index in [9.17, 15) is 5.11 Å². The van der Waals surface area contributed by atoms with Crippen molar-refractivity contribution in [3.8, 4) is 5.75 Å². The number of rotatable bonds is 7. The Hall–Kier alpha value is -1.14. The molecule has 3 rings (SSSR count). The molecule has 2 aliphatic rings. The summed E-state index contributed by atoms with van der Waals surface area (Å²) >= 11 is 0. The van der Waals surface area contributed by atoms with Crippen molar-refractivity contribution in [2.24, 2.45) is 0 Å². The van der Waals surface area contributed by atoms with Crippen molar-refractivity contribution < 1.29 is 9.84 Å². The van der Waals surface area contributed by atoms with Crippen LogP contribution >= 0.6 is 0 Å². The molecule has 140 valence electrons. The number of aliphatic hydroxyl groups is 1. The molecule has 5 heteroatoms. The number of piperazine rings is 1. The highest BCUT2D eigenvalue weighted by Crippen LogP contribution is 2.17. The standard InChI is InChI=1S/C20H33N3O2/c1-2-21-10-12-22(13-11-21)14-15-25-20-7-5-18(6-8-20)16-23-9-3-4-19(24)17-23/h5-8,19,24H,2-4,9-17H2,1H3/t19-/m0/s1. The Balaban J connectivity index is 1.36. The van der Waals surface area contributed by atoms with Gasteiger partial charge in [-0.15, -0.1) is 0 Å². The lowest BCUT2D eigenvalue weighted by molar-refractivity contribution is 0.0668. The van der Waals surface area contributed by atoms with E-state index in [1.165, 1.54) is 18.7 Å². The third kappa shape index (κ3) is 5.96. The van der Waals surface area contributed by atoms with Crippen LogP contribution in [0.5, 0.6) is 5.75 Å². The van der Waals surface area contributed by atoms with Gasteiger partial charge in [0.15, 0.2) is 0 Å². The number of hydrogen-bond acceptors (Lipinski definition) is 5. The highest BCUT2D eigenvalue weighted by Gasteiger charge is 2.17. The first-order valence-corrected chi connectivity index (χ1v) is 9.80. The lowest BCUT2D eigenvalue weighted by Gasteiger charge is -2.33. The number of likely N-dealkylation sites (tertiary alicyclic amines) is 1. The van der Waals surface area contributed by atoms with Crippen LogP contribution in [0.15, 0.2) is 24.3 Å². The van der Waals surface area contributed by atoms with E-state index in [2.05, 4.69) is 45.9 Å². The third-order valence-electron chi connectivity index (χ3n) is 5.40. The molecule has 0 radical (unpaired) electrons. The van der Waals surface area contributed by atoms with E-state index in [0.29, 0.717) is 0 Å². The zero-order chi connectivity index (χ0) is 17.5. The number of piperidine rings is 1. The van der Waals surface area contributed by atoms with E-state index < -0.39 is 0 Å². The number of nitrogens with zero attached hydrogens (tertiary/aromatic N) is 3. The van der Waals surface area contributed by atoms with E-state index in [1.807, 2.05) is 0 Å². The first-order chi connectivity index (χ1) is 12.2. The smallest absolute Gasteiger partial charge is 0.119 e. The molecule has 0 saturated carbocycles.